The Kier molecular flexibility index (Phi) is 6.43. The number of halogens is 1. The highest BCUT2D eigenvalue weighted by molar-refractivity contribution is 7.15. The lowest BCUT2D eigenvalue weighted by Crippen LogP contribution is -2.54. The summed E-state index contributed by atoms with van der Waals surface area (Å²) in [4.78, 5) is 28.3. The maximum absolute atomic E-state index is 12.8. The zero-order chi connectivity index (χ0) is 21.2. The Labute approximate surface area is 179 Å². The summed E-state index contributed by atoms with van der Waals surface area (Å²) in [5.74, 6) is -0.354. The average Bonchev–Trinajstić information content (AvgIpc) is 3.14. The first-order chi connectivity index (χ1) is 13.6. The SMILES string of the molecule is CN1CCC(OC(=O)CCc2ccc(Cl)cc2)N(c2nnc(C(C)(C)C)s2)C1=O. The summed E-state index contributed by atoms with van der Waals surface area (Å²) in [6.07, 6.45) is 0.597. The van der Waals surface area contributed by atoms with E-state index in [1.54, 1.807) is 24.1 Å². The van der Waals surface area contributed by atoms with E-state index in [0.717, 1.165) is 10.6 Å². The van der Waals surface area contributed by atoms with Crippen molar-refractivity contribution in [3.05, 3.63) is 39.9 Å². The van der Waals surface area contributed by atoms with Crippen molar-refractivity contribution in [3.63, 3.8) is 0 Å². The van der Waals surface area contributed by atoms with Gasteiger partial charge in [0.15, 0.2) is 6.23 Å². The van der Waals surface area contributed by atoms with Crippen LogP contribution in [0.4, 0.5) is 9.93 Å². The van der Waals surface area contributed by atoms with Gasteiger partial charge in [0.1, 0.15) is 5.01 Å². The minimum absolute atomic E-state index is 0.175. The van der Waals surface area contributed by atoms with Crippen LogP contribution >= 0.6 is 22.9 Å². The molecule has 2 aromatic rings. The summed E-state index contributed by atoms with van der Waals surface area (Å²) in [5.41, 5.74) is 0.826. The van der Waals surface area contributed by atoms with Crippen molar-refractivity contribution in [2.45, 2.75) is 51.7 Å². The molecular formula is C20H25ClN4O3S. The minimum Gasteiger partial charge on any atom is -0.441 e. The molecule has 1 atom stereocenters. The first kappa shape index (κ1) is 21.5. The molecule has 1 aliphatic heterocycles. The molecule has 2 heterocycles. The number of benzene rings is 1. The van der Waals surface area contributed by atoms with Gasteiger partial charge in [0.25, 0.3) is 0 Å². The van der Waals surface area contributed by atoms with E-state index in [1.165, 1.54) is 16.2 Å². The highest BCUT2D eigenvalue weighted by Gasteiger charge is 2.38. The standard InChI is InChI=1S/C20H25ClN4O3S/c1-20(2,3)17-22-23-18(29-17)25-15(11-12-24(4)19(25)27)28-16(26)10-7-13-5-8-14(21)9-6-13/h5-6,8-9,15H,7,10-12H2,1-4H3. The molecule has 1 fully saturated rings. The van der Waals surface area contributed by atoms with Gasteiger partial charge in [-0.15, -0.1) is 10.2 Å². The van der Waals surface area contributed by atoms with Gasteiger partial charge in [-0.1, -0.05) is 55.8 Å². The molecule has 156 valence electrons. The highest BCUT2D eigenvalue weighted by Crippen LogP contribution is 2.33. The van der Waals surface area contributed by atoms with Crippen molar-refractivity contribution >= 4 is 40.1 Å². The first-order valence-electron chi connectivity index (χ1n) is 9.47. The van der Waals surface area contributed by atoms with Crippen LogP contribution in [0.25, 0.3) is 0 Å². The second-order valence-electron chi connectivity index (χ2n) is 8.07. The zero-order valence-electron chi connectivity index (χ0n) is 17.0. The van der Waals surface area contributed by atoms with E-state index < -0.39 is 6.23 Å². The summed E-state index contributed by atoms with van der Waals surface area (Å²) >= 11 is 7.24. The predicted octanol–water partition coefficient (Wildman–Crippen LogP) is 4.25. The van der Waals surface area contributed by atoms with Crippen LogP contribution < -0.4 is 4.90 Å². The van der Waals surface area contributed by atoms with Crippen molar-refractivity contribution in [1.29, 1.82) is 0 Å². The Hall–Kier alpha value is -2.19. The van der Waals surface area contributed by atoms with Gasteiger partial charge in [-0.2, -0.15) is 0 Å². The molecule has 0 aliphatic carbocycles. The fraction of sp³-hybridized carbons (Fsp3) is 0.500. The monoisotopic (exact) mass is 436 g/mol. The third-order valence-electron chi connectivity index (χ3n) is 4.59. The Bertz CT molecular complexity index is 879. The number of amides is 2. The predicted molar refractivity (Wildman–Crippen MR) is 113 cm³/mol. The molecular weight excluding hydrogens is 412 g/mol. The van der Waals surface area contributed by atoms with Gasteiger partial charge in [0.05, 0.1) is 0 Å². The minimum atomic E-state index is -0.683. The Balaban J connectivity index is 1.70. The Morgan fingerprint density at radius 1 is 1.28 bits per heavy atom. The van der Waals surface area contributed by atoms with Crippen LogP contribution in [-0.2, 0) is 21.4 Å². The van der Waals surface area contributed by atoms with E-state index in [2.05, 4.69) is 10.2 Å². The number of urea groups is 1. The molecule has 0 N–H and O–H groups in total. The summed E-state index contributed by atoms with van der Waals surface area (Å²) < 4.78 is 5.67. The molecule has 7 nitrogen and oxygen atoms in total. The summed E-state index contributed by atoms with van der Waals surface area (Å²) in [7, 11) is 1.72. The van der Waals surface area contributed by atoms with E-state index in [9.17, 15) is 9.59 Å². The molecule has 0 spiro atoms. The number of aromatic nitrogens is 2. The van der Waals surface area contributed by atoms with Gasteiger partial charge in [-0.05, 0) is 24.1 Å². The third-order valence-corrected chi connectivity index (χ3v) is 6.19. The average molecular weight is 437 g/mol. The molecule has 29 heavy (non-hydrogen) atoms. The molecule has 1 aliphatic rings. The third kappa shape index (κ3) is 5.25. The maximum atomic E-state index is 12.8. The van der Waals surface area contributed by atoms with Crippen LogP contribution in [0, 0.1) is 0 Å². The van der Waals surface area contributed by atoms with Crippen LogP contribution in [0.5, 0.6) is 0 Å². The van der Waals surface area contributed by atoms with E-state index in [4.69, 9.17) is 16.3 Å². The van der Waals surface area contributed by atoms with Crippen LogP contribution in [-0.4, -0.2) is 46.9 Å². The maximum Gasteiger partial charge on any atom is 0.329 e. The fourth-order valence-electron chi connectivity index (χ4n) is 2.88. The van der Waals surface area contributed by atoms with Crippen LogP contribution in [0.2, 0.25) is 5.02 Å². The quantitative estimate of drug-likeness (QED) is 0.655. The van der Waals surface area contributed by atoms with E-state index in [1.807, 2.05) is 32.9 Å². The van der Waals surface area contributed by atoms with Gasteiger partial charge < -0.3 is 9.64 Å². The highest BCUT2D eigenvalue weighted by atomic mass is 35.5. The molecule has 1 unspecified atom stereocenters. The topological polar surface area (TPSA) is 75.6 Å². The van der Waals surface area contributed by atoms with E-state index >= 15 is 0 Å². The van der Waals surface area contributed by atoms with Crippen molar-refractivity contribution in [1.82, 2.24) is 15.1 Å². The van der Waals surface area contributed by atoms with Gasteiger partial charge in [0.2, 0.25) is 5.13 Å². The van der Waals surface area contributed by atoms with Crippen LogP contribution in [0.3, 0.4) is 0 Å². The first-order valence-corrected chi connectivity index (χ1v) is 10.7. The van der Waals surface area contributed by atoms with Crippen molar-refractivity contribution in [2.75, 3.05) is 18.5 Å². The summed E-state index contributed by atoms with van der Waals surface area (Å²) in [6, 6.07) is 7.11. The van der Waals surface area contributed by atoms with Gasteiger partial charge in [-0.3, -0.25) is 4.79 Å². The molecule has 0 radical (unpaired) electrons. The molecule has 1 aromatic heterocycles. The number of hydrogen-bond acceptors (Lipinski definition) is 6. The molecule has 1 aromatic carbocycles. The Morgan fingerprint density at radius 2 is 1.97 bits per heavy atom. The lowest BCUT2D eigenvalue weighted by atomic mass is 9.98. The summed E-state index contributed by atoms with van der Waals surface area (Å²) in [5, 5.41) is 10.3. The van der Waals surface area contributed by atoms with E-state index in [-0.39, 0.29) is 23.8 Å². The lowest BCUT2D eigenvalue weighted by molar-refractivity contribution is -0.149. The number of carbonyl (C=O) groups is 2. The molecule has 9 heteroatoms. The van der Waals surface area contributed by atoms with Gasteiger partial charge in [-0.25, -0.2) is 9.69 Å². The summed E-state index contributed by atoms with van der Waals surface area (Å²) in [6.45, 7) is 6.62. The number of rotatable bonds is 5. The van der Waals surface area contributed by atoms with Crippen LogP contribution in [0.15, 0.2) is 24.3 Å². The molecule has 0 bridgehead atoms. The number of carbonyl (C=O) groups excluding carboxylic acids is 2. The lowest BCUT2D eigenvalue weighted by Gasteiger charge is -2.37. The number of ether oxygens (including phenoxy) is 1. The van der Waals surface area contributed by atoms with Crippen molar-refractivity contribution in [3.8, 4) is 0 Å². The number of nitrogens with zero attached hydrogens (tertiary/aromatic N) is 4. The number of aryl methyl sites for hydroxylation is 1. The number of anilines is 1. The molecule has 2 amide bonds. The normalized spacial score (nSPS) is 17.6. The molecule has 1 saturated heterocycles. The van der Waals surface area contributed by atoms with Gasteiger partial charge in [0, 0.05) is 36.9 Å². The van der Waals surface area contributed by atoms with Crippen LogP contribution in [0.1, 0.15) is 44.2 Å². The second kappa shape index (κ2) is 8.67. The molecule has 0 saturated carbocycles. The number of esters is 1. The Morgan fingerprint density at radius 3 is 2.59 bits per heavy atom. The number of hydrogen-bond donors (Lipinski definition) is 0. The fourth-order valence-corrected chi connectivity index (χ4v) is 3.94. The van der Waals surface area contributed by atoms with Crippen molar-refractivity contribution in [2.24, 2.45) is 0 Å². The van der Waals surface area contributed by atoms with Crippen molar-refractivity contribution < 1.29 is 14.3 Å². The largest absolute Gasteiger partial charge is 0.441 e. The van der Waals surface area contributed by atoms with E-state index in [0.29, 0.717) is 29.5 Å². The smallest absolute Gasteiger partial charge is 0.329 e. The zero-order valence-corrected chi connectivity index (χ0v) is 18.6. The van der Waals surface area contributed by atoms with Gasteiger partial charge >= 0.3 is 12.0 Å². The second-order valence-corrected chi connectivity index (χ2v) is 9.47. The molecule has 3 rings (SSSR count).